The van der Waals surface area contributed by atoms with Crippen molar-refractivity contribution in [3.05, 3.63) is 71.7 Å². The van der Waals surface area contributed by atoms with Gasteiger partial charge in [-0.2, -0.15) is 5.10 Å². The smallest absolute Gasteiger partial charge is 0.353 e. The molecule has 3 rings (SSSR count). The first-order valence-corrected chi connectivity index (χ1v) is 12.2. The van der Waals surface area contributed by atoms with Gasteiger partial charge in [-0.25, -0.2) is 10.2 Å². The molecule has 2 aromatic carbocycles. The summed E-state index contributed by atoms with van der Waals surface area (Å²) in [6.45, 7) is -0.225. The van der Waals surface area contributed by atoms with Crippen LogP contribution in [0.4, 0.5) is 0 Å². The number of esters is 1. The van der Waals surface area contributed by atoms with E-state index in [9.17, 15) is 9.59 Å². The summed E-state index contributed by atoms with van der Waals surface area (Å²) in [7, 11) is 1.47. The number of nitrogens with one attached hydrogen (secondary N) is 1. The highest BCUT2D eigenvalue weighted by Gasteiger charge is 2.14. The van der Waals surface area contributed by atoms with Crippen LogP contribution in [0.1, 0.15) is 15.2 Å². The van der Waals surface area contributed by atoms with Gasteiger partial charge in [-0.05, 0) is 79.2 Å². The van der Waals surface area contributed by atoms with Crippen molar-refractivity contribution in [3.8, 4) is 17.2 Å². The van der Waals surface area contributed by atoms with Gasteiger partial charge in [0, 0.05) is 4.47 Å². The highest BCUT2D eigenvalue weighted by molar-refractivity contribution is 9.11. The van der Waals surface area contributed by atoms with E-state index in [2.05, 4.69) is 58.3 Å². The van der Waals surface area contributed by atoms with Gasteiger partial charge in [-0.1, -0.05) is 22.0 Å². The Hall–Kier alpha value is -2.21. The Bertz CT molecular complexity index is 1130. The van der Waals surface area contributed by atoms with Gasteiger partial charge in [0.05, 0.1) is 22.3 Å². The number of methoxy groups -OCH3 is 1. The largest absolute Gasteiger partial charge is 0.493 e. The molecule has 1 amide bonds. The first-order valence-electron chi connectivity index (χ1n) is 8.90. The summed E-state index contributed by atoms with van der Waals surface area (Å²) in [5.74, 6) is 0.252. The van der Waals surface area contributed by atoms with E-state index in [0.717, 1.165) is 4.47 Å². The second-order valence-electron chi connectivity index (χ2n) is 6.06. The van der Waals surface area contributed by atoms with Gasteiger partial charge in [-0.3, -0.25) is 4.79 Å². The van der Waals surface area contributed by atoms with Gasteiger partial charge in [-0.15, -0.1) is 11.3 Å². The molecule has 0 unspecified atom stereocenters. The lowest BCUT2D eigenvalue weighted by Gasteiger charge is -2.10. The Morgan fingerprint density at radius 1 is 1.09 bits per heavy atom. The lowest BCUT2D eigenvalue weighted by molar-refractivity contribution is -0.123. The summed E-state index contributed by atoms with van der Waals surface area (Å²) >= 11 is 11.4. The van der Waals surface area contributed by atoms with Gasteiger partial charge >= 0.3 is 5.97 Å². The van der Waals surface area contributed by atoms with Gasteiger partial charge in [0.25, 0.3) is 5.91 Å². The van der Waals surface area contributed by atoms with Crippen LogP contribution >= 0.6 is 59.1 Å². The summed E-state index contributed by atoms with van der Waals surface area (Å²) in [5.41, 5.74) is 3.03. The van der Waals surface area contributed by atoms with E-state index >= 15 is 0 Å². The maximum atomic E-state index is 12.1. The van der Waals surface area contributed by atoms with Crippen molar-refractivity contribution in [3.63, 3.8) is 0 Å². The monoisotopic (exact) mass is 644 g/mol. The molecule has 1 heterocycles. The second kappa shape index (κ2) is 11.6. The minimum Gasteiger partial charge on any atom is -0.493 e. The van der Waals surface area contributed by atoms with E-state index in [1.165, 1.54) is 24.7 Å². The van der Waals surface area contributed by atoms with Crippen LogP contribution in [0, 0.1) is 0 Å². The highest BCUT2D eigenvalue weighted by atomic mass is 79.9. The third kappa shape index (κ3) is 6.64. The molecule has 32 heavy (non-hydrogen) atoms. The van der Waals surface area contributed by atoms with Crippen LogP contribution in [0.25, 0.3) is 0 Å². The van der Waals surface area contributed by atoms with Gasteiger partial charge in [0.1, 0.15) is 10.6 Å². The molecule has 3 aromatic rings. The van der Waals surface area contributed by atoms with Crippen LogP contribution < -0.4 is 19.6 Å². The van der Waals surface area contributed by atoms with Gasteiger partial charge in [0.15, 0.2) is 18.1 Å². The van der Waals surface area contributed by atoms with E-state index in [1.807, 2.05) is 12.1 Å². The minimum absolute atomic E-state index is 0.225. The summed E-state index contributed by atoms with van der Waals surface area (Å²) in [4.78, 5) is 24.7. The topological polar surface area (TPSA) is 86.2 Å². The molecular weight excluding hydrogens is 632 g/mol. The molecule has 0 bridgehead atoms. The lowest BCUT2D eigenvalue weighted by Crippen LogP contribution is -2.24. The molecule has 7 nitrogen and oxygen atoms in total. The maximum Gasteiger partial charge on any atom is 0.353 e. The van der Waals surface area contributed by atoms with Gasteiger partial charge < -0.3 is 14.2 Å². The van der Waals surface area contributed by atoms with Crippen LogP contribution in [-0.2, 0) is 4.79 Å². The zero-order valence-corrected chi connectivity index (χ0v) is 22.0. The van der Waals surface area contributed by atoms with Crippen molar-refractivity contribution < 1.29 is 23.8 Å². The first-order chi connectivity index (χ1) is 15.4. The molecule has 0 aliphatic heterocycles. The number of hydrogen-bond donors (Lipinski definition) is 1. The number of ether oxygens (including phenoxy) is 3. The number of nitrogens with zero attached hydrogens (tertiary/aromatic N) is 1. The zero-order valence-electron chi connectivity index (χ0n) is 16.4. The summed E-state index contributed by atoms with van der Waals surface area (Å²) in [5, 5.41) is 5.72. The van der Waals surface area contributed by atoms with E-state index in [0.29, 0.717) is 30.9 Å². The average Bonchev–Trinajstić information content (AvgIpc) is 3.29. The molecule has 0 spiro atoms. The number of thiophene rings is 1. The predicted molar refractivity (Wildman–Crippen MR) is 133 cm³/mol. The molecule has 0 saturated heterocycles. The van der Waals surface area contributed by atoms with Crippen LogP contribution in [0.15, 0.2) is 66.4 Å². The first kappa shape index (κ1) is 24.4. The van der Waals surface area contributed by atoms with Crippen LogP contribution in [0.2, 0.25) is 0 Å². The van der Waals surface area contributed by atoms with Crippen molar-refractivity contribution in [2.24, 2.45) is 5.10 Å². The van der Waals surface area contributed by atoms with Crippen molar-refractivity contribution >= 4 is 77.2 Å². The summed E-state index contributed by atoms with van der Waals surface area (Å²) < 4.78 is 18.5. The number of halogens is 3. The SMILES string of the molecule is COc1cc(C=NNC(=O)COc2c(Br)cc(Br)cc2Br)ccc1OC(=O)c1cccs1. The minimum atomic E-state index is -0.462. The predicted octanol–water partition coefficient (Wildman–Crippen LogP) is 5.79. The maximum absolute atomic E-state index is 12.1. The van der Waals surface area contributed by atoms with Crippen molar-refractivity contribution in [1.29, 1.82) is 0 Å². The third-order valence-corrected chi connectivity index (χ3v) is 6.31. The van der Waals surface area contributed by atoms with Crippen LogP contribution in [0.5, 0.6) is 17.2 Å². The number of benzene rings is 2. The molecule has 0 radical (unpaired) electrons. The Morgan fingerprint density at radius 2 is 1.84 bits per heavy atom. The second-order valence-corrected chi connectivity index (χ2v) is 9.63. The Balaban J connectivity index is 1.57. The third-order valence-electron chi connectivity index (χ3n) is 3.83. The number of hydrogen-bond acceptors (Lipinski definition) is 7. The number of amides is 1. The highest BCUT2D eigenvalue weighted by Crippen LogP contribution is 2.36. The molecule has 0 aliphatic rings. The van der Waals surface area contributed by atoms with E-state index in [1.54, 1.807) is 35.7 Å². The number of carbonyl (C=O) groups is 2. The van der Waals surface area contributed by atoms with E-state index in [4.69, 9.17) is 14.2 Å². The summed E-state index contributed by atoms with van der Waals surface area (Å²) in [6.07, 6.45) is 1.44. The fourth-order valence-corrected chi connectivity index (χ4v) is 5.50. The van der Waals surface area contributed by atoms with Crippen molar-refractivity contribution in [2.75, 3.05) is 13.7 Å². The lowest BCUT2D eigenvalue weighted by atomic mass is 10.2. The van der Waals surface area contributed by atoms with Crippen LogP contribution in [0.3, 0.4) is 0 Å². The Morgan fingerprint density at radius 3 is 2.50 bits per heavy atom. The molecule has 0 fully saturated rings. The average molecular weight is 647 g/mol. The van der Waals surface area contributed by atoms with Gasteiger partial charge in [0.2, 0.25) is 0 Å². The molecule has 166 valence electrons. The fourth-order valence-electron chi connectivity index (χ4n) is 2.41. The number of rotatable bonds is 8. The molecule has 1 N–H and O–H groups in total. The van der Waals surface area contributed by atoms with Crippen molar-refractivity contribution in [2.45, 2.75) is 0 Å². The number of carbonyl (C=O) groups excluding carboxylic acids is 2. The molecule has 0 atom stereocenters. The Kier molecular flexibility index (Phi) is 8.85. The summed E-state index contributed by atoms with van der Waals surface area (Å²) in [6, 6.07) is 12.0. The van der Waals surface area contributed by atoms with E-state index in [-0.39, 0.29) is 12.4 Å². The molecular formula is C21H15Br3N2O5S. The zero-order chi connectivity index (χ0) is 23.1. The molecule has 0 aliphatic carbocycles. The number of hydrazone groups is 1. The van der Waals surface area contributed by atoms with Crippen LogP contribution in [-0.4, -0.2) is 31.8 Å². The molecule has 0 saturated carbocycles. The van der Waals surface area contributed by atoms with E-state index < -0.39 is 11.9 Å². The quantitative estimate of drug-likeness (QED) is 0.145. The van der Waals surface area contributed by atoms with Crippen molar-refractivity contribution in [1.82, 2.24) is 5.43 Å². The molecule has 11 heteroatoms. The molecule has 1 aromatic heterocycles. The Labute approximate surface area is 213 Å². The standard InChI is InChI=1S/C21H15Br3N2O5S/c1-29-17-7-12(4-5-16(17)31-21(28)18-3-2-6-32-18)10-25-26-19(27)11-30-20-14(23)8-13(22)9-15(20)24/h2-10H,11H2,1H3,(H,26,27). The normalized spacial score (nSPS) is 10.8. The fraction of sp³-hybridized carbons (Fsp3) is 0.0952.